The second-order valence-corrected chi connectivity index (χ2v) is 4.82. The molecule has 2 rings (SSSR count). The smallest absolute Gasteiger partial charge is 0.261 e. The molecule has 0 unspecified atom stereocenters. The van der Waals surface area contributed by atoms with Crippen LogP contribution in [0.2, 0.25) is 0 Å². The molecule has 2 aromatic rings. The van der Waals surface area contributed by atoms with Gasteiger partial charge in [0.25, 0.3) is 5.91 Å². The van der Waals surface area contributed by atoms with Crippen LogP contribution in [-0.4, -0.2) is 18.3 Å². The molecular formula is C17H19N3O2. The molecule has 0 saturated carbocycles. The van der Waals surface area contributed by atoms with Gasteiger partial charge >= 0.3 is 0 Å². The Hall–Kier alpha value is -2.82. The van der Waals surface area contributed by atoms with Gasteiger partial charge in [-0.15, -0.1) is 0 Å². The minimum atomic E-state index is -0.249. The Labute approximate surface area is 129 Å². The Morgan fingerprint density at radius 3 is 2.36 bits per heavy atom. The highest BCUT2D eigenvalue weighted by Crippen LogP contribution is 2.10. The van der Waals surface area contributed by atoms with Gasteiger partial charge < -0.3 is 15.9 Å². The molecule has 5 heteroatoms. The lowest BCUT2D eigenvalue weighted by molar-refractivity contribution is -0.126. The van der Waals surface area contributed by atoms with Crippen LogP contribution in [0.1, 0.15) is 24.1 Å². The molecular weight excluding hydrogens is 278 g/mol. The molecule has 0 spiro atoms. The number of nitrogens with zero attached hydrogens (tertiary/aromatic N) is 1. The fraction of sp³-hybridized carbons (Fsp3) is 0.176. The normalized spacial score (nSPS) is 12.5. The van der Waals surface area contributed by atoms with Gasteiger partial charge in [0.2, 0.25) is 0 Å². The monoisotopic (exact) mass is 297 g/mol. The number of oxime groups is 1. The van der Waals surface area contributed by atoms with Gasteiger partial charge in [-0.1, -0.05) is 65.8 Å². The van der Waals surface area contributed by atoms with E-state index in [-0.39, 0.29) is 24.4 Å². The van der Waals surface area contributed by atoms with Crippen molar-refractivity contribution in [2.45, 2.75) is 13.0 Å². The van der Waals surface area contributed by atoms with Crippen molar-refractivity contribution in [3.63, 3.8) is 0 Å². The maximum absolute atomic E-state index is 11.8. The van der Waals surface area contributed by atoms with Gasteiger partial charge in [-0.2, -0.15) is 0 Å². The number of amides is 1. The zero-order chi connectivity index (χ0) is 15.8. The van der Waals surface area contributed by atoms with E-state index in [4.69, 9.17) is 10.6 Å². The highest BCUT2D eigenvalue weighted by molar-refractivity contribution is 5.97. The predicted octanol–water partition coefficient (Wildman–Crippen LogP) is 2.20. The van der Waals surface area contributed by atoms with Crippen molar-refractivity contribution >= 4 is 11.7 Å². The van der Waals surface area contributed by atoms with Crippen LogP contribution in [0.3, 0.4) is 0 Å². The number of hydrogen-bond acceptors (Lipinski definition) is 3. The maximum atomic E-state index is 11.8. The Morgan fingerprint density at radius 2 is 1.73 bits per heavy atom. The fourth-order valence-electron chi connectivity index (χ4n) is 1.93. The van der Waals surface area contributed by atoms with E-state index in [1.54, 1.807) is 0 Å². The van der Waals surface area contributed by atoms with E-state index in [0.29, 0.717) is 0 Å². The molecule has 22 heavy (non-hydrogen) atoms. The second kappa shape index (κ2) is 7.83. The highest BCUT2D eigenvalue weighted by atomic mass is 16.6. The molecule has 0 heterocycles. The zero-order valence-corrected chi connectivity index (χ0v) is 12.4. The first-order valence-electron chi connectivity index (χ1n) is 7.02. The number of nitrogens with one attached hydrogen (secondary N) is 1. The van der Waals surface area contributed by atoms with Crippen molar-refractivity contribution < 1.29 is 9.63 Å². The molecule has 1 amide bonds. The largest absolute Gasteiger partial charge is 0.384 e. The summed E-state index contributed by atoms with van der Waals surface area (Å²) in [7, 11) is 0. The van der Waals surface area contributed by atoms with Crippen molar-refractivity contribution in [3.05, 3.63) is 71.8 Å². The number of amidine groups is 1. The number of nitrogens with two attached hydrogens (primary N) is 1. The molecule has 0 aliphatic carbocycles. The van der Waals surface area contributed by atoms with Gasteiger partial charge in [0.15, 0.2) is 12.4 Å². The first-order chi connectivity index (χ1) is 10.7. The predicted molar refractivity (Wildman–Crippen MR) is 86.1 cm³/mol. The third-order valence-corrected chi connectivity index (χ3v) is 3.11. The van der Waals surface area contributed by atoms with Gasteiger partial charge in [-0.25, -0.2) is 0 Å². The summed E-state index contributed by atoms with van der Waals surface area (Å²) in [5, 5.41) is 6.58. The average Bonchev–Trinajstić information content (AvgIpc) is 2.56. The van der Waals surface area contributed by atoms with E-state index in [2.05, 4.69) is 10.5 Å². The topological polar surface area (TPSA) is 76.7 Å². The zero-order valence-electron chi connectivity index (χ0n) is 12.4. The summed E-state index contributed by atoms with van der Waals surface area (Å²) in [4.78, 5) is 16.8. The van der Waals surface area contributed by atoms with Crippen LogP contribution < -0.4 is 11.1 Å². The molecule has 114 valence electrons. The minimum absolute atomic E-state index is 0.0900. The van der Waals surface area contributed by atoms with Gasteiger partial charge in [-0.3, -0.25) is 4.79 Å². The van der Waals surface area contributed by atoms with Crippen molar-refractivity contribution in [1.82, 2.24) is 5.32 Å². The summed E-state index contributed by atoms with van der Waals surface area (Å²) >= 11 is 0. The summed E-state index contributed by atoms with van der Waals surface area (Å²) in [5.74, 6) is -0.00882. The standard InChI is InChI=1S/C17H19N3O2/c1-13(14-8-4-2-5-9-14)19-16(21)12-22-20-17(18)15-10-6-3-7-11-15/h2-11,13H,12H2,1H3,(H2,18,20)(H,19,21)/t13-/m0/s1. The van der Waals surface area contributed by atoms with Gasteiger partial charge in [0.05, 0.1) is 6.04 Å². The average molecular weight is 297 g/mol. The molecule has 0 saturated heterocycles. The first kappa shape index (κ1) is 15.6. The lowest BCUT2D eigenvalue weighted by Gasteiger charge is -2.13. The molecule has 0 aliphatic heterocycles. The van der Waals surface area contributed by atoms with Crippen molar-refractivity contribution in [2.75, 3.05) is 6.61 Å². The van der Waals surface area contributed by atoms with Crippen molar-refractivity contribution in [1.29, 1.82) is 0 Å². The SMILES string of the molecule is C[C@H](NC(=O)CO/N=C(/N)c1ccccc1)c1ccccc1. The van der Waals surface area contributed by atoms with Crippen LogP contribution in [0, 0.1) is 0 Å². The van der Waals surface area contributed by atoms with E-state index >= 15 is 0 Å². The van der Waals surface area contributed by atoms with Crippen LogP contribution >= 0.6 is 0 Å². The summed E-state index contributed by atoms with van der Waals surface area (Å²) in [6.45, 7) is 1.74. The van der Waals surface area contributed by atoms with E-state index in [1.165, 1.54) is 0 Å². The third-order valence-electron chi connectivity index (χ3n) is 3.11. The van der Waals surface area contributed by atoms with Gasteiger partial charge in [-0.05, 0) is 12.5 Å². The number of rotatable bonds is 6. The molecule has 0 aromatic heterocycles. The lowest BCUT2D eigenvalue weighted by atomic mass is 10.1. The van der Waals surface area contributed by atoms with Crippen LogP contribution in [0.4, 0.5) is 0 Å². The Balaban J connectivity index is 1.81. The molecule has 5 nitrogen and oxygen atoms in total. The first-order valence-corrected chi connectivity index (χ1v) is 7.02. The minimum Gasteiger partial charge on any atom is -0.384 e. The molecule has 0 aliphatic rings. The molecule has 3 N–H and O–H groups in total. The quantitative estimate of drug-likeness (QED) is 0.487. The molecule has 0 radical (unpaired) electrons. The number of carbonyl (C=O) groups excluding carboxylic acids is 1. The molecule has 2 aromatic carbocycles. The van der Waals surface area contributed by atoms with Crippen molar-refractivity contribution in [2.24, 2.45) is 10.9 Å². The van der Waals surface area contributed by atoms with Crippen molar-refractivity contribution in [3.8, 4) is 0 Å². The molecule has 0 bridgehead atoms. The summed E-state index contributed by atoms with van der Waals surface area (Å²) in [5.41, 5.74) is 7.55. The Kier molecular flexibility index (Phi) is 5.54. The fourth-order valence-corrected chi connectivity index (χ4v) is 1.93. The van der Waals surface area contributed by atoms with Crippen LogP contribution in [0.15, 0.2) is 65.8 Å². The second-order valence-electron chi connectivity index (χ2n) is 4.82. The van der Waals surface area contributed by atoms with Gasteiger partial charge in [0.1, 0.15) is 0 Å². The van der Waals surface area contributed by atoms with E-state index < -0.39 is 0 Å². The Morgan fingerprint density at radius 1 is 1.14 bits per heavy atom. The van der Waals surface area contributed by atoms with Crippen LogP contribution in [0.5, 0.6) is 0 Å². The maximum Gasteiger partial charge on any atom is 0.261 e. The summed E-state index contributed by atoms with van der Waals surface area (Å²) in [6, 6.07) is 18.8. The lowest BCUT2D eigenvalue weighted by Crippen LogP contribution is -2.30. The number of carbonyl (C=O) groups is 1. The van der Waals surface area contributed by atoms with E-state index in [9.17, 15) is 4.79 Å². The van der Waals surface area contributed by atoms with E-state index in [1.807, 2.05) is 67.6 Å². The third kappa shape index (κ3) is 4.63. The Bertz CT molecular complexity index is 627. The van der Waals surface area contributed by atoms with Crippen LogP contribution in [-0.2, 0) is 9.63 Å². The van der Waals surface area contributed by atoms with Crippen LogP contribution in [0.25, 0.3) is 0 Å². The number of hydrogen-bond donors (Lipinski definition) is 2. The van der Waals surface area contributed by atoms with E-state index in [0.717, 1.165) is 11.1 Å². The number of benzene rings is 2. The van der Waals surface area contributed by atoms with Gasteiger partial charge in [0, 0.05) is 5.56 Å². The molecule has 1 atom stereocenters. The summed E-state index contributed by atoms with van der Waals surface area (Å²) < 4.78 is 0. The summed E-state index contributed by atoms with van der Waals surface area (Å²) in [6.07, 6.45) is 0. The molecule has 0 fully saturated rings. The highest BCUT2D eigenvalue weighted by Gasteiger charge is 2.09.